The standard InChI is InChI=1S/C14H16N2/c1-2-11-7-3-5-9-13(11)16-14-10-6-4-8-12(14)15/h3-10,16H,2,15H2,1H3. The number of nitrogens with one attached hydrogen (secondary N) is 1. The molecule has 0 saturated heterocycles. The summed E-state index contributed by atoms with van der Waals surface area (Å²) in [5.41, 5.74) is 10.1. The lowest BCUT2D eigenvalue weighted by Crippen LogP contribution is -1.98. The van der Waals surface area contributed by atoms with E-state index in [0.717, 1.165) is 23.5 Å². The van der Waals surface area contributed by atoms with Crippen molar-refractivity contribution in [3.05, 3.63) is 54.1 Å². The minimum Gasteiger partial charge on any atom is -0.397 e. The van der Waals surface area contributed by atoms with Gasteiger partial charge in [0.25, 0.3) is 0 Å². The SMILES string of the molecule is CCc1ccccc1Nc1ccccc1N. The first-order valence-corrected chi connectivity index (χ1v) is 5.50. The Balaban J connectivity index is 2.30. The Morgan fingerprint density at radius 3 is 2.25 bits per heavy atom. The average molecular weight is 212 g/mol. The Kier molecular flexibility index (Phi) is 3.10. The number of para-hydroxylation sites is 3. The van der Waals surface area contributed by atoms with Crippen LogP contribution in [-0.2, 0) is 6.42 Å². The first kappa shape index (κ1) is 10.6. The van der Waals surface area contributed by atoms with Gasteiger partial charge in [0.2, 0.25) is 0 Å². The van der Waals surface area contributed by atoms with Crippen molar-refractivity contribution < 1.29 is 0 Å². The Morgan fingerprint density at radius 1 is 0.938 bits per heavy atom. The Bertz CT molecular complexity index is 478. The predicted octanol–water partition coefficient (Wildman–Crippen LogP) is 3.57. The third-order valence-electron chi connectivity index (χ3n) is 2.63. The van der Waals surface area contributed by atoms with Gasteiger partial charge in [-0.05, 0) is 30.2 Å². The number of hydrogen-bond donors (Lipinski definition) is 2. The molecule has 3 N–H and O–H groups in total. The molecule has 2 heteroatoms. The summed E-state index contributed by atoms with van der Waals surface area (Å²) < 4.78 is 0. The lowest BCUT2D eigenvalue weighted by Gasteiger charge is -2.12. The lowest BCUT2D eigenvalue weighted by molar-refractivity contribution is 1.14. The molecule has 0 aromatic heterocycles. The monoisotopic (exact) mass is 212 g/mol. The van der Waals surface area contributed by atoms with Crippen LogP contribution in [0.2, 0.25) is 0 Å². The van der Waals surface area contributed by atoms with E-state index in [-0.39, 0.29) is 0 Å². The number of hydrogen-bond acceptors (Lipinski definition) is 2. The Labute approximate surface area is 96.1 Å². The van der Waals surface area contributed by atoms with Crippen LogP contribution in [0.25, 0.3) is 0 Å². The van der Waals surface area contributed by atoms with E-state index in [1.807, 2.05) is 30.3 Å². The van der Waals surface area contributed by atoms with E-state index in [0.29, 0.717) is 0 Å². The van der Waals surface area contributed by atoms with E-state index in [1.165, 1.54) is 5.56 Å². The van der Waals surface area contributed by atoms with Crippen molar-refractivity contribution in [2.45, 2.75) is 13.3 Å². The molecule has 0 aliphatic heterocycles. The van der Waals surface area contributed by atoms with E-state index in [9.17, 15) is 0 Å². The molecule has 0 saturated carbocycles. The van der Waals surface area contributed by atoms with E-state index < -0.39 is 0 Å². The summed E-state index contributed by atoms with van der Waals surface area (Å²) in [6.45, 7) is 2.15. The Morgan fingerprint density at radius 2 is 1.56 bits per heavy atom. The van der Waals surface area contributed by atoms with Gasteiger partial charge in [-0.25, -0.2) is 0 Å². The number of nitrogen functional groups attached to an aromatic ring is 1. The van der Waals surface area contributed by atoms with Gasteiger partial charge in [0.05, 0.1) is 11.4 Å². The number of rotatable bonds is 3. The lowest BCUT2D eigenvalue weighted by atomic mass is 10.1. The number of anilines is 3. The van der Waals surface area contributed by atoms with Gasteiger partial charge in [0.15, 0.2) is 0 Å². The maximum Gasteiger partial charge on any atom is 0.0617 e. The summed E-state index contributed by atoms with van der Waals surface area (Å²) in [7, 11) is 0. The minimum absolute atomic E-state index is 0.772. The number of aryl methyl sites for hydroxylation is 1. The molecule has 0 unspecified atom stereocenters. The summed E-state index contributed by atoms with van der Waals surface area (Å²) >= 11 is 0. The fraction of sp³-hybridized carbons (Fsp3) is 0.143. The van der Waals surface area contributed by atoms with Crippen molar-refractivity contribution in [3.8, 4) is 0 Å². The van der Waals surface area contributed by atoms with Gasteiger partial charge >= 0.3 is 0 Å². The molecule has 0 atom stereocenters. The number of benzene rings is 2. The van der Waals surface area contributed by atoms with Crippen LogP contribution in [0.4, 0.5) is 17.1 Å². The molecule has 0 aliphatic carbocycles. The molecular weight excluding hydrogens is 196 g/mol. The van der Waals surface area contributed by atoms with E-state index in [4.69, 9.17) is 5.73 Å². The van der Waals surface area contributed by atoms with E-state index in [2.05, 4.69) is 30.4 Å². The average Bonchev–Trinajstić information content (AvgIpc) is 2.33. The molecule has 0 heterocycles. The smallest absolute Gasteiger partial charge is 0.0617 e. The third kappa shape index (κ3) is 2.16. The van der Waals surface area contributed by atoms with Crippen LogP contribution in [-0.4, -0.2) is 0 Å². The maximum absolute atomic E-state index is 5.90. The van der Waals surface area contributed by atoms with Gasteiger partial charge in [-0.15, -0.1) is 0 Å². The predicted molar refractivity (Wildman–Crippen MR) is 70.0 cm³/mol. The molecule has 0 aliphatic rings. The molecule has 0 radical (unpaired) electrons. The quantitative estimate of drug-likeness (QED) is 0.763. The zero-order chi connectivity index (χ0) is 11.4. The largest absolute Gasteiger partial charge is 0.397 e. The molecule has 2 nitrogen and oxygen atoms in total. The van der Waals surface area contributed by atoms with Crippen LogP contribution >= 0.6 is 0 Å². The zero-order valence-electron chi connectivity index (χ0n) is 9.40. The second kappa shape index (κ2) is 4.71. The van der Waals surface area contributed by atoms with Gasteiger partial charge in [0.1, 0.15) is 0 Å². The van der Waals surface area contributed by atoms with Crippen molar-refractivity contribution in [3.63, 3.8) is 0 Å². The van der Waals surface area contributed by atoms with Crippen LogP contribution in [0.1, 0.15) is 12.5 Å². The second-order valence-corrected chi connectivity index (χ2v) is 3.72. The van der Waals surface area contributed by atoms with Crippen molar-refractivity contribution in [1.29, 1.82) is 0 Å². The van der Waals surface area contributed by atoms with Gasteiger partial charge in [-0.3, -0.25) is 0 Å². The summed E-state index contributed by atoms with van der Waals surface area (Å²) in [5, 5.41) is 3.37. The summed E-state index contributed by atoms with van der Waals surface area (Å²) in [6, 6.07) is 16.1. The highest BCUT2D eigenvalue weighted by Crippen LogP contribution is 2.25. The molecule has 82 valence electrons. The highest BCUT2D eigenvalue weighted by Gasteiger charge is 2.01. The van der Waals surface area contributed by atoms with Crippen LogP contribution in [0.5, 0.6) is 0 Å². The van der Waals surface area contributed by atoms with Crippen LogP contribution in [0, 0.1) is 0 Å². The second-order valence-electron chi connectivity index (χ2n) is 3.72. The van der Waals surface area contributed by atoms with Gasteiger partial charge < -0.3 is 11.1 Å². The van der Waals surface area contributed by atoms with Crippen LogP contribution in [0.3, 0.4) is 0 Å². The van der Waals surface area contributed by atoms with E-state index >= 15 is 0 Å². The maximum atomic E-state index is 5.90. The van der Waals surface area contributed by atoms with Gasteiger partial charge in [-0.1, -0.05) is 37.3 Å². The van der Waals surface area contributed by atoms with Crippen molar-refractivity contribution >= 4 is 17.1 Å². The summed E-state index contributed by atoms with van der Waals surface area (Å²) in [5.74, 6) is 0. The fourth-order valence-corrected chi connectivity index (χ4v) is 1.71. The van der Waals surface area contributed by atoms with Crippen molar-refractivity contribution in [1.82, 2.24) is 0 Å². The number of nitrogens with two attached hydrogens (primary N) is 1. The molecular formula is C14H16N2. The van der Waals surface area contributed by atoms with Crippen molar-refractivity contribution in [2.75, 3.05) is 11.1 Å². The first-order valence-electron chi connectivity index (χ1n) is 5.50. The highest BCUT2D eigenvalue weighted by atomic mass is 14.9. The first-order chi connectivity index (χ1) is 7.81. The molecule has 2 aromatic carbocycles. The van der Waals surface area contributed by atoms with Gasteiger partial charge in [-0.2, -0.15) is 0 Å². The van der Waals surface area contributed by atoms with Crippen LogP contribution < -0.4 is 11.1 Å². The molecule has 16 heavy (non-hydrogen) atoms. The van der Waals surface area contributed by atoms with Crippen molar-refractivity contribution in [2.24, 2.45) is 0 Å². The Hall–Kier alpha value is -1.96. The molecule has 0 spiro atoms. The summed E-state index contributed by atoms with van der Waals surface area (Å²) in [6.07, 6.45) is 1.01. The highest BCUT2D eigenvalue weighted by molar-refractivity contribution is 5.73. The molecule has 0 fully saturated rings. The van der Waals surface area contributed by atoms with Gasteiger partial charge in [0, 0.05) is 5.69 Å². The fourth-order valence-electron chi connectivity index (χ4n) is 1.71. The minimum atomic E-state index is 0.772. The molecule has 2 rings (SSSR count). The molecule has 0 bridgehead atoms. The molecule has 2 aromatic rings. The summed E-state index contributed by atoms with van der Waals surface area (Å²) in [4.78, 5) is 0. The molecule has 0 amide bonds. The topological polar surface area (TPSA) is 38.0 Å². The normalized spacial score (nSPS) is 10.1. The van der Waals surface area contributed by atoms with E-state index in [1.54, 1.807) is 0 Å². The zero-order valence-corrected chi connectivity index (χ0v) is 9.40. The van der Waals surface area contributed by atoms with Crippen LogP contribution in [0.15, 0.2) is 48.5 Å². The third-order valence-corrected chi connectivity index (χ3v) is 2.63.